The summed E-state index contributed by atoms with van der Waals surface area (Å²) in [6.45, 7) is 11.8. The van der Waals surface area contributed by atoms with E-state index in [1.54, 1.807) is 0 Å². The Balaban J connectivity index is 5.21. The van der Waals surface area contributed by atoms with Gasteiger partial charge in [-0.3, -0.25) is 24.0 Å². The van der Waals surface area contributed by atoms with E-state index in [4.69, 9.17) is 10.8 Å². The highest BCUT2D eigenvalue weighted by molar-refractivity contribution is 5.95. The van der Waals surface area contributed by atoms with E-state index < -0.39 is 59.8 Å². The molecule has 0 rings (SSSR count). The fourth-order valence-electron chi connectivity index (χ4n) is 2.76. The Morgan fingerprint density at radius 1 is 0.625 bits per heavy atom. The Hall–Kier alpha value is -2.69. The highest BCUT2D eigenvalue weighted by atomic mass is 16.4. The van der Waals surface area contributed by atoms with Crippen LogP contribution >= 0.6 is 0 Å². The molecule has 0 fully saturated rings. The van der Waals surface area contributed by atoms with Crippen LogP contribution in [0.25, 0.3) is 0 Å². The molecule has 4 amide bonds. The van der Waals surface area contributed by atoms with Gasteiger partial charge in [0.25, 0.3) is 0 Å². The number of hydrogen-bond acceptors (Lipinski definition) is 6. The van der Waals surface area contributed by atoms with Crippen LogP contribution in [0, 0.1) is 11.8 Å². The van der Waals surface area contributed by atoms with Crippen molar-refractivity contribution in [2.45, 2.75) is 91.5 Å². The molecule has 0 aromatic carbocycles. The molecule has 7 N–H and O–H groups in total. The first-order chi connectivity index (χ1) is 14.6. The zero-order valence-corrected chi connectivity index (χ0v) is 20.0. The van der Waals surface area contributed by atoms with Crippen LogP contribution in [0.2, 0.25) is 0 Å². The van der Waals surface area contributed by atoms with Crippen LogP contribution in [-0.4, -0.2) is 64.9 Å². The highest BCUT2D eigenvalue weighted by Gasteiger charge is 2.29. The highest BCUT2D eigenvalue weighted by Crippen LogP contribution is 2.08. The molecule has 0 saturated heterocycles. The predicted octanol–water partition coefficient (Wildman–Crippen LogP) is -0.511. The van der Waals surface area contributed by atoms with Crippen LogP contribution in [0.5, 0.6) is 0 Å². The Kier molecular flexibility index (Phi) is 12.5. The van der Waals surface area contributed by atoms with Gasteiger partial charge in [0, 0.05) is 0 Å². The van der Waals surface area contributed by atoms with Crippen molar-refractivity contribution in [3.63, 3.8) is 0 Å². The molecule has 0 aliphatic carbocycles. The number of aliphatic carboxylic acids is 1. The molecule has 0 radical (unpaired) electrons. The first kappa shape index (κ1) is 29.3. The zero-order valence-electron chi connectivity index (χ0n) is 20.0. The molecule has 0 aromatic rings. The van der Waals surface area contributed by atoms with Gasteiger partial charge in [0.05, 0.1) is 6.04 Å². The first-order valence-corrected chi connectivity index (χ1v) is 10.9. The summed E-state index contributed by atoms with van der Waals surface area (Å²) in [5, 5.41) is 19.0. The molecule has 5 atom stereocenters. The van der Waals surface area contributed by atoms with E-state index in [2.05, 4.69) is 21.3 Å². The summed E-state index contributed by atoms with van der Waals surface area (Å²) in [7, 11) is 0. The third-order valence-corrected chi connectivity index (χ3v) is 4.57. The molecule has 11 nitrogen and oxygen atoms in total. The molecule has 11 heteroatoms. The lowest BCUT2D eigenvalue weighted by Crippen LogP contribution is -2.57. The SMILES string of the molecule is CC(C)C[C@H](NC(=O)[C@H](C)N)C(=O)N[C@@H](C)C(=O)N[C@@H](CC(C)C)C(=O)N[C@@H](C)C(=O)O. The van der Waals surface area contributed by atoms with Gasteiger partial charge in [-0.1, -0.05) is 27.7 Å². The van der Waals surface area contributed by atoms with Gasteiger partial charge in [-0.15, -0.1) is 0 Å². The van der Waals surface area contributed by atoms with Crippen molar-refractivity contribution in [1.29, 1.82) is 0 Å². The average molecular weight is 458 g/mol. The fraction of sp³-hybridized carbons (Fsp3) is 0.762. The van der Waals surface area contributed by atoms with E-state index >= 15 is 0 Å². The van der Waals surface area contributed by atoms with Crippen molar-refractivity contribution in [3.05, 3.63) is 0 Å². The van der Waals surface area contributed by atoms with Crippen molar-refractivity contribution in [3.8, 4) is 0 Å². The Bertz CT molecular complexity index is 680. The molecule has 0 spiro atoms. The van der Waals surface area contributed by atoms with Gasteiger partial charge in [0.15, 0.2) is 0 Å². The minimum Gasteiger partial charge on any atom is -0.480 e. The number of nitrogens with one attached hydrogen (secondary N) is 4. The summed E-state index contributed by atoms with van der Waals surface area (Å²) in [6, 6.07) is -4.73. The third kappa shape index (κ3) is 11.1. The molecule has 0 heterocycles. The Labute approximate surface area is 189 Å². The van der Waals surface area contributed by atoms with Crippen molar-refractivity contribution in [1.82, 2.24) is 21.3 Å². The van der Waals surface area contributed by atoms with E-state index in [9.17, 15) is 24.0 Å². The number of carboxylic acid groups (broad SMARTS) is 1. The minimum atomic E-state index is -1.20. The molecule has 0 unspecified atom stereocenters. The summed E-state index contributed by atoms with van der Waals surface area (Å²) >= 11 is 0. The topological polar surface area (TPSA) is 180 Å². The van der Waals surface area contributed by atoms with E-state index in [0.29, 0.717) is 6.42 Å². The van der Waals surface area contributed by atoms with Gasteiger partial charge in [0.1, 0.15) is 24.2 Å². The maximum Gasteiger partial charge on any atom is 0.325 e. The summed E-state index contributed by atoms with van der Waals surface area (Å²) < 4.78 is 0. The van der Waals surface area contributed by atoms with Crippen LogP contribution in [0.4, 0.5) is 0 Å². The van der Waals surface area contributed by atoms with Crippen LogP contribution in [0.15, 0.2) is 0 Å². The van der Waals surface area contributed by atoms with E-state index in [0.717, 1.165) is 0 Å². The van der Waals surface area contributed by atoms with Gasteiger partial charge in [-0.05, 0) is 45.4 Å². The van der Waals surface area contributed by atoms with E-state index in [1.165, 1.54) is 20.8 Å². The van der Waals surface area contributed by atoms with Gasteiger partial charge < -0.3 is 32.1 Å². The van der Waals surface area contributed by atoms with Gasteiger partial charge >= 0.3 is 5.97 Å². The molecule has 0 saturated carbocycles. The third-order valence-electron chi connectivity index (χ3n) is 4.57. The van der Waals surface area contributed by atoms with Crippen molar-refractivity contribution in [2.24, 2.45) is 17.6 Å². The molecular weight excluding hydrogens is 418 g/mol. The quantitative estimate of drug-likeness (QED) is 0.215. The average Bonchev–Trinajstić information content (AvgIpc) is 2.65. The molecule has 0 bridgehead atoms. The minimum absolute atomic E-state index is 0.0416. The second-order valence-corrected chi connectivity index (χ2v) is 8.97. The first-order valence-electron chi connectivity index (χ1n) is 10.9. The number of rotatable bonds is 13. The monoisotopic (exact) mass is 457 g/mol. The zero-order chi connectivity index (χ0) is 25.2. The summed E-state index contributed by atoms with van der Waals surface area (Å²) in [5.41, 5.74) is 5.56. The van der Waals surface area contributed by atoms with Crippen LogP contribution in [-0.2, 0) is 24.0 Å². The summed E-state index contributed by atoms with van der Waals surface area (Å²) in [6.07, 6.45) is 0.634. The Morgan fingerprint density at radius 3 is 1.34 bits per heavy atom. The lowest BCUT2D eigenvalue weighted by molar-refractivity contribution is -0.141. The van der Waals surface area contributed by atoms with Crippen molar-refractivity contribution < 1.29 is 29.1 Å². The number of amides is 4. The number of carboxylic acids is 1. The summed E-state index contributed by atoms with van der Waals surface area (Å²) in [5.74, 6) is -3.31. The fourth-order valence-corrected chi connectivity index (χ4v) is 2.76. The lowest BCUT2D eigenvalue weighted by Gasteiger charge is -2.25. The number of nitrogens with two attached hydrogens (primary N) is 1. The second kappa shape index (κ2) is 13.7. The van der Waals surface area contributed by atoms with Gasteiger partial charge in [-0.25, -0.2) is 0 Å². The van der Waals surface area contributed by atoms with Gasteiger partial charge in [-0.2, -0.15) is 0 Å². The predicted molar refractivity (Wildman–Crippen MR) is 119 cm³/mol. The van der Waals surface area contributed by atoms with E-state index in [-0.39, 0.29) is 18.3 Å². The molecule has 184 valence electrons. The standard InChI is InChI=1S/C21H39N5O6/c1-10(2)8-15(25-17(27)12(5)22)19(29)23-13(6)18(28)26-16(9-11(3)4)20(30)24-14(7)21(31)32/h10-16H,8-9,22H2,1-7H3,(H,23,29)(H,24,30)(H,25,27)(H,26,28)(H,31,32)/t12-,13-,14-,15-,16-/m0/s1. The van der Waals surface area contributed by atoms with Crippen LogP contribution in [0.1, 0.15) is 61.3 Å². The van der Waals surface area contributed by atoms with Gasteiger partial charge in [0.2, 0.25) is 23.6 Å². The normalized spacial score (nSPS) is 15.8. The Morgan fingerprint density at radius 2 is 1.00 bits per heavy atom. The smallest absolute Gasteiger partial charge is 0.325 e. The molecule has 0 aromatic heterocycles. The number of carbonyl (C=O) groups excluding carboxylic acids is 4. The molecule has 32 heavy (non-hydrogen) atoms. The number of hydrogen-bond donors (Lipinski definition) is 6. The molecular formula is C21H39N5O6. The van der Waals surface area contributed by atoms with Crippen molar-refractivity contribution in [2.75, 3.05) is 0 Å². The van der Waals surface area contributed by atoms with Crippen LogP contribution in [0.3, 0.4) is 0 Å². The largest absolute Gasteiger partial charge is 0.480 e. The maximum atomic E-state index is 12.7. The molecule has 0 aliphatic rings. The van der Waals surface area contributed by atoms with Crippen molar-refractivity contribution >= 4 is 29.6 Å². The summed E-state index contributed by atoms with van der Waals surface area (Å²) in [4.78, 5) is 60.7. The van der Waals surface area contributed by atoms with Crippen LogP contribution < -0.4 is 27.0 Å². The second-order valence-electron chi connectivity index (χ2n) is 8.97. The molecule has 0 aliphatic heterocycles. The lowest BCUT2D eigenvalue weighted by atomic mass is 10.0. The van der Waals surface area contributed by atoms with E-state index in [1.807, 2.05) is 27.7 Å². The number of carbonyl (C=O) groups is 5. The maximum absolute atomic E-state index is 12.7.